The summed E-state index contributed by atoms with van der Waals surface area (Å²) in [5, 5.41) is -0.284. The Bertz CT molecular complexity index is 885. The van der Waals surface area contributed by atoms with Crippen LogP contribution in [0.3, 0.4) is 0 Å². The third-order valence-electron chi connectivity index (χ3n) is 4.38. The van der Waals surface area contributed by atoms with Gasteiger partial charge in [0.1, 0.15) is 5.75 Å². The first-order chi connectivity index (χ1) is 13.4. The standard InChI is InChI=1S/C20H18ClF2NO4/c1-27-14-6-2-12(3-7-14)10-24(13-4-5-13)19(25)11-28-20(26)15-8-17(22)18(23)9-16(15)21/h2-3,6-9,13H,4-5,10-11H2,1H3. The minimum atomic E-state index is -1.22. The lowest BCUT2D eigenvalue weighted by Crippen LogP contribution is -2.36. The van der Waals surface area contributed by atoms with E-state index in [0.29, 0.717) is 24.4 Å². The molecule has 0 radical (unpaired) electrons. The monoisotopic (exact) mass is 409 g/mol. The van der Waals surface area contributed by atoms with Crippen LogP contribution in [-0.4, -0.2) is 36.5 Å². The van der Waals surface area contributed by atoms with Gasteiger partial charge in [0.15, 0.2) is 18.2 Å². The van der Waals surface area contributed by atoms with Crippen molar-refractivity contribution in [1.29, 1.82) is 0 Å². The van der Waals surface area contributed by atoms with E-state index in [1.54, 1.807) is 24.1 Å². The number of hydrogen-bond donors (Lipinski definition) is 0. The molecule has 0 aliphatic heterocycles. The molecule has 148 valence electrons. The molecule has 0 spiro atoms. The maximum atomic E-state index is 13.3. The van der Waals surface area contributed by atoms with Crippen LogP contribution in [0.25, 0.3) is 0 Å². The molecular formula is C20H18ClF2NO4. The molecule has 0 heterocycles. The molecule has 0 unspecified atom stereocenters. The highest BCUT2D eigenvalue weighted by Gasteiger charge is 2.33. The van der Waals surface area contributed by atoms with Gasteiger partial charge in [0, 0.05) is 12.6 Å². The van der Waals surface area contributed by atoms with Crippen molar-refractivity contribution in [2.75, 3.05) is 13.7 Å². The Morgan fingerprint density at radius 3 is 2.39 bits per heavy atom. The molecule has 1 aliphatic rings. The average molecular weight is 410 g/mol. The number of halogens is 3. The van der Waals surface area contributed by atoms with Gasteiger partial charge in [0.25, 0.3) is 5.91 Å². The molecule has 3 rings (SSSR count). The number of rotatable bonds is 7. The van der Waals surface area contributed by atoms with Gasteiger partial charge in [-0.3, -0.25) is 4.79 Å². The van der Waals surface area contributed by atoms with Crippen LogP contribution < -0.4 is 4.74 Å². The molecule has 0 atom stereocenters. The van der Waals surface area contributed by atoms with Crippen molar-refractivity contribution in [3.63, 3.8) is 0 Å². The van der Waals surface area contributed by atoms with Crippen molar-refractivity contribution in [3.05, 3.63) is 64.2 Å². The van der Waals surface area contributed by atoms with Gasteiger partial charge in [0.05, 0.1) is 17.7 Å². The van der Waals surface area contributed by atoms with Crippen LogP contribution in [0.5, 0.6) is 5.75 Å². The fraction of sp³-hybridized carbons (Fsp3) is 0.300. The zero-order valence-corrected chi connectivity index (χ0v) is 15.8. The van der Waals surface area contributed by atoms with Gasteiger partial charge in [-0.25, -0.2) is 13.6 Å². The van der Waals surface area contributed by atoms with Crippen LogP contribution in [-0.2, 0) is 16.1 Å². The molecule has 5 nitrogen and oxygen atoms in total. The Morgan fingerprint density at radius 1 is 1.14 bits per heavy atom. The van der Waals surface area contributed by atoms with Crippen molar-refractivity contribution in [2.24, 2.45) is 0 Å². The van der Waals surface area contributed by atoms with Crippen molar-refractivity contribution >= 4 is 23.5 Å². The highest BCUT2D eigenvalue weighted by molar-refractivity contribution is 6.33. The Morgan fingerprint density at radius 2 is 1.79 bits per heavy atom. The van der Waals surface area contributed by atoms with Crippen LogP contribution in [0, 0.1) is 11.6 Å². The fourth-order valence-electron chi connectivity index (χ4n) is 2.70. The predicted octanol–water partition coefficient (Wildman–Crippen LogP) is 3.97. The first-order valence-electron chi connectivity index (χ1n) is 8.63. The van der Waals surface area contributed by atoms with E-state index in [9.17, 15) is 18.4 Å². The Labute approximate surface area is 165 Å². The molecule has 28 heavy (non-hydrogen) atoms. The number of nitrogens with zero attached hydrogens (tertiary/aromatic N) is 1. The summed E-state index contributed by atoms with van der Waals surface area (Å²) in [5.74, 6) is -3.04. The second-order valence-electron chi connectivity index (χ2n) is 6.42. The van der Waals surface area contributed by atoms with Crippen LogP contribution in [0.4, 0.5) is 8.78 Å². The van der Waals surface area contributed by atoms with E-state index in [2.05, 4.69) is 0 Å². The summed E-state index contributed by atoms with van der Waals surface area (Å²) in [6.45, 7) is -0.141. The first-order valence-corrected chi connectivity index (χ1v) is 9.01. The smallest absolute Gasteiger partial charge is 0.340 e. The molecule has 0 saturated heterocycles. The normalized spacial score (nSPS) is 13.1. The van der Waals surface area contributed by atoms with Crippen LogP contribution >= 0.6 is 11.6 Å². The number of esters is 1. The lowest BCUT2D eigenvalue weighted by molar-refractivity contribution is -0.135. The molecule has 8 heteroatoms. The van der Waals surface area contributed by atoms with E-state index >= 15 is 0 Å². The van der Waals surface area contributed by atoms with Crippen molar-refractivity contribution in [3.8, 4) is 5.75 Å². The van der Waals surface area contributed by atoms with E-state index in [0.717, 1.165) is 18.4 Å². The number of methoxy groups -OCH3 is 1. The second kappa shape index (κ2) is 8.56. The summed E-state index contributed by atoms with van der Waals surface area (Å²) < 4.78 is 36.5. The fourth-order valence-corrected chi connectivity index (χ4v) is 2.93. The van der Waals surface area contributed by atoms with E-state index in [1.165, 1.54) is 0 Å². The third kappa shape index (κ3) is 4.78. The lowest BCUT2D eigenvalue weighted by atomic mass is 10.2. The quantitative estimate of drug-likeness (QED) is 0.513. The van der Waals surface area contributed by atoms with Gasteiger partial charge >= 0.3 is 5.97 Å². The SMILES string of the molecule is COc1ccc(CN(C(=O)COC(=O)c2cc(F)c(F)cc2Cl)C2CC2)cc1. The molecule has 0 N–H and O–H groups in total. The van der Waals surface area contributed by atoms with E-state index in [4.69, 9.17) is 21.1 Å². The summed E-state index contributed by atoms with van der Waals surface area (Å²) in [6.07, 6.45) is 1.76. The Hall–Kier alpha value is -2.67. The molecule has 1 amide bonds. The third-order valence-corrected chi connectivity index (χ3v) is 4.69. The van der Waals surface area contributed by atoms with Gasteiger partial charge in [-0.15, -0.1) is 0 Å². The van der Waals surface area contributed by atoms with Gasteiger partial charge in [-0.1, -0.05) is 23.7 Å². The van der Waals surface area contributed by atoms with E-state index in [1.807, 2.05) is 12.1 Å². The van der Waals surface area contributed by atoms with Gasteiger partial charge in [0.2, 0.25) is 0 Å². The number of benzene rings is 2. The highest BCUT2D eigenvalue weighted by atomic mass is 35.5. The van der Waals surface area contributed by atoms with Gasteiger partial charge in [-0.2, -0.15) is 0 Å². The number of amides is 1. The Kier molecular flexibility index (Phi) is 6.14. The molecule has 2 aromatic carbocycles. The van der Waals surface area contributed by atoms with Crippen molar-refractivity contribution in [2.45, 2.75) is 25.4 Å². The van der Waals surface area contributed by atoms with E-state index in [-0.39, 0.29) is 22.5 Å². The number of carbonyl (C=O) groups excluding carboxylic acids is 2. The van der Waals surface area contributed by atoms with Crippen LogP contribution in [0.1, 0.15) is 28.8 Å². The summed E-state index contributed by atoms with van der Waals surface area (Å²) in [5.41, 5.74) is 0.581. The Balaban J connectivity index is 1.63. The average Bonchev–Trinajstić information content (AvgIpc) is 3.52. The van der Waals surface area contributed by atoms with Crippen LogP contribution in [0.15, 0.2) is 36.4 Å². The first kappa shape index (κ1) is 20.1. The highest BCUT2D eigenvalue weighted by Crippen LogP contribution is 2.29. The lowest BCUT2D eigenvalue weighted by Gasteiger charge is -2.22. The van der Waals surface area contributed by atoms with Crippen molar-refractivity contribution in [1.82, 2.24) is 4.90 Å². The second-order valence-corrected chi connectivity index (χ2v) is 6.83. The minimum absolute atomic E-state index is 0.0974. The summed E-state index contributed by atoms with van der Waals surface area (Å²) >= 11 is 5.75. The molecule has 1 aliphatic carbocycles. The van der Waals surface area contributed by atoms with Gasteiger partial charge < -0.3 is 14.4 Å². The minimum Gasteiger partial charge on any atom is -0.497 e. The van der Waals surface area contributed by atoms with Crippen molar-refractivity contribution < 1.29 is 27.8 Å². The van der Waals surface area contributed by atoms with Gasteiger partial charge in [-0.05, 0) is 42.7 Å². The molecular weight excluding hydrogens is 392 g/mol. The van der Waals surface area contributed by atoms with E-state index < -0.39 is 24.2 Å². The summed E-state index contributed by atoms with van der Waals surface area (Å²) in [7, 11) is 1.57. The zero-order chi connectivity index (χ0) is 20.3. The summed E-state index contributed by atoms with van der Waals surface area (Å²) in [6, 6.07) is 8.76. The number of ether oxygens (including phenoxy) is 2. The number of carbonyl (C=O) groups is 2. The summed E-state index contributed by atoms with van der Waals surface area (Å²) in [4.78, 5) is 26.3. The molecule has 0 bridgehead atoms. The molecule has 0 aromatic heterocycles. The predicted molar refractivity (Wildman–Crippen MR) is 98.2 cm³/mol. The van der Waals surface area contributed by atoms with Crippen LogP contribution in [0.2, 0.25) is 5.02 Å². The topological polar surface area (TPSA) is 55.8 Å². The maximum absolute atomic E-state index is 13.3. The zero-order valence-electron chi connectivity index (χ0n) is 15.1. The molecule has 1 fully saturated rings. The molecule has 2 aromatic rings. The molecule has 1 saturated carbocycles. The largest absolute Gasteiger partial charge is 0.497 e. The maximum Gasteiger partial charge on any atom is 0.340 e. The number of hydrogen-bond acceptors (Lipinski definition) is 4.